The topological polar surface area (TPSA) is 99.5 Å². The molecule has 4 rings (SSSR count). The monoisotopic (exact) mass is 452 g/mol. The number of halogens is 2. The largest absolute Gasteiger partial charge is 0.504 e. The van der Waals surface area contributed by atoms with E-state index in [1.165, 1.54) is 41.3 Å². The lowest BCUT2D eigenvalue weighted by Gasteiger charge is -2.08. The Labute approximate surface area is 173 Å². The summed E-state index contributed by atoms with van der Waals surface area (Å²) in [6.07, 6.45) is 0. The predicted octanol–water partition coefficient (Wildman–Crippen LogP) is 5.33. The van der Waals surface area contributed by atoms with Crippen molar-refractivity contribution in [3.05, 3.63) is 50.7 Å². The summed E-state index contributed by atoms with van der Waals surface area (Å²) in [5, 5.41) is 23.5. The summed E-state index contributed by atoms with van der Waals surface area (Å²) in [4.78, 5) is 28.4. The third-order valence-electron chi connectivity index (χ3n) is 4.17. The van der Waals surface area contributed by atoms with Crippen molar-refractivity contribution in [2.75, 3.05) is 5.32 Å². The van der Waals surface area contributed by atoms with E-state index in [2.05, 4.69) is 10.3 Å². The van der Waals surface area contributed by atoms with Gasteiger partial charge in [0.15, 0.2) is 17.4 Å². The number of amides is 1. The van der Waals surface area contributed by atoms with E-state index in [-0.39, 0.29) is 37.9 Å². The molecule has 1 amide bonds. The van der Waals surface area contributed by atoms with E-state index >= 15 is 0 Å². The van der Waals surface area contributed by atoms with Crippen LogP contribution in [0.15, 0.2) is 23.0 Å². The van der Waals surface area contributed by atoms with Gasteiger partial charge in [-0.2, -0.15) is 0 Å². The summed E-state index contributed by atoms with van der Waals surface area (Å²) < 4.78 is 29.0. The molecule has 0 atom stereocenters. The molecule has 0 aliphatic carbocycles. The van der Waals surface area contributed by atoms with Crippen LogP contribution in [0.25, 0.3) is 20.7 Å². The molecule has 4 aromatic rings. The number of benzene rings is 1. The number of nitrogens with one attached hydrogen (secondary N) is 1. The van der Waals surface area contributed by atoms with Gasteiger partial charge in [-0.3, -0.25) is 4.79 Å². The molecule has 1 aromatic carbocycles. The summed E-state index contributed by atoms with van der Waals surface area (Å²) >= 11 is 3.15. The number of carbonyl (C=O) groups excluding carboxylic acids is 1. The minimum Gasteiger partial charge on any atom is -0.504 e. The van der Waals surface area contributed by atoms with Gasteiger partial charge >= 0.3 is 5.97 Å². The second-order valence-electron chi connectivity index (χ2n) is 5.94. The molecule has 0 spiro atoms. The molecular weight excluding hydrogens is 442 g/mol. The Kier molecular flexibility index (Phi) is 4.81. The average Bonchev–Trinajstić information content (AvgIpc) is 3.36. The van der Waals surface area contributed by atoms with Crippen LogP contribution in [0, 0.1) is 18.6 Å². The predicted molar refractivity (Wildman–Crippen MR) is 108 cm³/mol. The number of carbonyl (C=O) groups is 2. The van der Waals surface area contributed by atoms with Crippen molar-refractivity contribution < 1.29 is 28.6 Å². The van der Waals surface area contributed by atoms with Crippen LogP contribution in [-0.2, 0) is 0 Å². The summed E-state index contributed by atoms with van der Waals surface area (Å²) in [6.45, 7) is 1.40. The smallest absolute Gasteiger partial charge is 0.339 e. The van der Waals surface area contributed by atoms with E-state index in [1.54, 1.807) is 0 Å². The number of aromatic nitrogens is 1. The molecule has 0 unspecified atom stereocenters. The molecule has 3 N–H and O–H groups in total. The average molecular weight is 452 g/mol. The molecule has 3 heterocycles. The fraction of sp³-hybridized carbons (Fsp3) is 0.0556. The van der Waals surface area contributed by atoms with Crippen LogP contribution in [0.3, 0.4) is 0 Å². The van der Waals surface area contributed by atoms with Crippen LogP contribution in [0.5, 0.6) is 5.75 Å². The van der Waals surface area contributed by atoms with Crippen LogP contribution >= 0.6 is 34.0 Å². The molecule has 0 saturated carbocycles. The number of aryl methyl sites for hydroxylation is 1. The Morgan fingerprint density at radius 2 is 1.90 bits per heavy atom. The maximum atomic E-state index is 14.4. The Hall–Kier alpha value is -2.89. The van der Waals surface area contributed by atoms with Gasteiger partial charge in [-0.05, 0) is 12.5 Å². The van der Waals surface area contributed by atoms with Crippen molar-refractivity contribution in [1.29, 1.82) is 0 Å². The highest BCUT2D eigenvalue weighted by molar-refractivity contribution is 7.38. The molecule has 148 valence electrons. The zero-order valence-electron chi connectivity index (χ0n) is 14.4. The molecule has 0 bridgehead atoms. The van der Waals surface area contributed by atoms with Crippen LogP contribution in [0.4, 0.5) is 13.8 Å². The number of nitrogens with zero attached hydrogens (tertiary/aromatic N) is 1. The van der Waals surface area contributed by atoms with Crippen molar-refractivity contribution in [1.82, 2.24) is 4.98 Å². The minimum absolute atomic E-state index is 0.0156. The number of thiazole rings is 1. The number of carboxylic acid groups (broad SMARTS) is 1. The van der Waals surface area contributed by atoms with Gasteiger partial charge in [-0.25, -0.2) is 18.6 Å². The SMILES string of the molecule is Cc1ccc(-c2csc(NC(=O)c3sc4scnc4c3O)c2C(=O)O)c(F)c1F. The molecule has 0 saturated heterocycles. The molecular formula is C18H10F2N2O4S3. The van der Waals surface area contributed by atoms with E-state index in [1.807, 2.05) is 0 Å². The van der Waals surface area contributed by atoms with Crippen LogP contribution in [0.2, 0.25) is 0 Å². The fourth-order valence-electron chi connectivity index (χ4n) is 2.74. The van der Waals surface area contributed by atoms with Crippen molar-refractivity contribution in [2.24, 2.45) is 0 Å². The first-order chi connectivity index (χ1) is 13.8. The molecule has 29 heavy (non-hydrogen) atoms. The normalized spacial score (nSPS) is 11.1. The van der Waals surface area contributed by atoms with Crippen molar-refractivity contribution >= 4 is 60.4 Å². The number of hydrogen-bond donors (Lipinski definition) is 3. The Morgan fingerprint density at radius 1 is 1.14 bits per heavy atom. The molecule has 0 radical (unpaired) electrons. The van der Waals surface area contributed by atoms with E-state index in [0.717, 1.165) is 22.7 Å². The fourth-order valence-corrected chi connectivity index (χ4v) is 5.54. The zero-order chi connectivity index (χ0) is 20.9. The summed E-state index contributed by atoms with van der Waals surface area (Å²) in [5.74, 6) is -4.64. The van der Waals surface area contributed by atoms with Crippen molar-refractivity contribution in [2.45, 2.75) is 6.92 Å². The number of hydrogen-bond acceptors (Lipinski definition) is 7. The van der Waals surface area contributed by atoms with Gasteiger partial charge in [0.2, 0.25) is 0 Å². The number of fused-ring (bicyclic) bond motifs is 1. The zero-order valence-corrected chi connectivity index (χ0v) is 16.9. The quantitative estimate of drug-likeness (QED) is 0.389. The number of aromatic hydroxyl groups is 1. The number of aromatic carboxylic acids is 1. The highest BCUT2D eigenvalue weighted by atomic mass is 32.2. The maximum Gasteiger partial charge on any atom is 0.339 e. The first-order valence-electron chi connectivity index (χ1n) is 7.95. The number of carboxylic acids is 1. The van der Waals surface area contributed by atoms with Gasteiger partial charge in [0.1, 0.15) is 25.0 Å². The maximum absolute atomic E-state index is 14.4. The Morgan fingerprint density at radius 3 is 2.59 bits per heavy atom. The molecule has 0 aliphatic rings. The lowest BCUT2D eigenvalue weighted by molar-refractivity contribution is 0.0699. The highest BCUT2D eigenvalue weighted by Crippen LogP contribution is 2.41. The van der Waals surface area contributed by atoms with Crippen LogP contribution in [0.1, 0.15) is 25.6 Å². The first kappa shape index (κ1) is 19.4. The standard InChI is InChI=1S/C18H10F2N2O4S3/c1-6-2-3-7(11(20)10(6)19)8-4-27-16(9(8)17(25)26)22-15(24)14-13(23)12-18(29-14)28-5-21-12/h2-5,23H,1H3,(H,22,24)(H,25,26). The molecule has 0 aliphatic heterocycles. The highest BCUT2D eigenvalue weighted by Gasteiger charge is 2.26. The van der Waals surface area contributed by atoms with Crippen LogP contribution < -0.4 is 5.32 Å². The van der Waals surface area contributed by atoms with Crippen LogP contribution in [-0.4, -0.2) is 27.1 Å². The number of thiophene rings is 2. The second-order valence-corrected chi connectivity index (χ2v) is 8.95. The minimum atomic E-state index is -1.41. The summed E-state index contributed by atoms with van der Waals surface area (Å²) in [7, 11) is 0. The third kappa shape index (κ3) is 3.16. The van der Waals surface area contributed by atoms with Gasteiger partial charge in [0.25, 0.3) is 5.91 Å². The molecule has 3 aromatic heterocycles. The van der Waals surface area contributed by atoms with E-state index in [0.29, 0.717) is 9.53 Å². The van der Waals surface area contributed by atoms with E-state index < -0.39 is 23.5 Å². The third-order valence-corrected chi connectivity index (χ3v) is 7.19. The number of rotatable bonds is 4. The van der Waals surface area contributed by atoms with Gasteiger partial charge < -0.3 is 15.5 Å². The molecule has 6 nitrogen and oxygen atoms in total. The lowest BCUT2D eigenvalue weighted by Crippen LogP contribution is -2.12. The van der Waals surface area contributed by atoms with E-state index in [9.17, 15) is 28.6 Å². The first-order valence-corrected chi connectivity index (χ1v) is 10.5. The second kappa shape index (κ2) is 7.17. The van der Waals surface area contributed by atoms with Gasteiger partial charge in [0.05, 0.1) is 5.51 Å². The lowest BCUT2D eigenvalue weighted by atomic mass is 10.0. The Bertz CT molecular complexity index is 1290. The summed E-state index contributed by atoms with van der Waals surface area (Å²) in [5.41, 5.74) is 1.30. The van der Waals surface area contributed by atoms with Gasteiger partial charge in [-0.15, -0.1) is 34.0 Å². The van der Waals surface area contributed by atoms with E-state index in [4.69, 9.17) is 0 Å². The molecule has 0 fully saturated rings. The van der Waals surface area contributed by atoms with Crippen molar-refractivity contribution in [3.63, 3.8) is 0 Å². The number of anilines is 1. The van der Waals surface area contributed by atoms with Gasteiger partial charge in [0, 0.05) is 16.5 Å². The Balaban J connectivity index is 1.75. The summed E-state index contributed by atoms with van der Waals surface area (Å²) in [6, 6.07) is 2.64. The molecule has 11 heteroatoms. The van der Waals surface area contributed by atoms with Crippen molar-refractivity contribution in [3.8, 4) is 16.9 Å². The van der Waals surface area contributed by atoms with Gasteiger partial charge in [-0.1, -0.05) is 12.1 Å².